The van der Waals surface area contributed by atoms with Crippen molar-refractivity contribution in [2.75, 3.05) is 0 Å². The van der Waals surface area contributed by atoms with Gasteiger partial charge in [-0.2, -0.15) is 5.26 Å². The average Bonchev–Trinajstić information content (AvgIpc) is 2.17. The minimum absolute atomic E-state index is 0.414. The van der Waals surface area contributed by atoms with E-state index >= 15 is 0 Å². The van der Waals surface area contributed by atoms with Gasteiger partial charge in [0, 0.05) is 3.57 Å². The van der Waals surface area contributed by atoms with Gasteiger partial charge in [0.2, 0.25) is 0 Å². The van der Waals surface area contributed by atoms with Gasteiger partial charge in [-0.1, -0.05) is 12.1 Å². The van der Waals surface area contributed by atoms with Gasteiger partial charge >= 0.3 is 0 Å². The summed E-state index contributed by atoms with van der Waals surface area (Å²) < 4.78 is 1.12. The fraction of sp³-hybridized carbons (Fsp3) is 0.364. The van der Waals surface area contributed by atoms with Gasteiger partial charge < -0.3 is 5.11 Å². The second kappa shape index (κ2) is 4.28. The van der Waals surface area contributed by atoms with Crippen molar-refractivity contribution in [1.82, 2.24) is 0 Å². The second-order valence-electron chi connectivity index (χ2n) is 3.51. The fourth-order valence-electron chi connectivity index (χ4n) is 1.16. The molecule has 0 saturated carbocycles. The Kier molecular flexibility index (Phi) is 3.51. The molecule has 0 aliphatic carbocycles. The molecule has 0 aliphatic heterocycles. The summed E-state index contributed by atoms with van der Waals surface area (Å²) in [5.74, 6) is -0.414. The van der Waals surface area contributed by atoms with Crippen LogP contribution < -0.4 is 0 Å². The van der Waals surface area contributed by atoms with E-state index in [9.17, 15) is 5.11 Å². The molecule has 0 aromatic heterocycles. The molecular weight excluding hydrogens is 289 g/mol. The van der Waals surface area contributed by atoms with Crippen molar-refractivity contribution in [3.8, 4) is 6.07 Å². The summed E-state index contributed by atoms with van der Waals surface area (Å²) in [6, 6.07) is 9.63. The number of benzene rings is 1. The predicted octanol–water partition coefficient (Wildman–Crippen LogP) is 2.66. The van der Waals surface area contributed by atoms with E-state index in [0.717, 1.165) is 9.13 Å². The molecule has 1 aromatic rings. The zero-order chi connectivity index (χ0) is 10.8. The van der Waals surface area contributed by atoms with E-state index in [0.29, 0.717) is 0 Å². The molecular formula is C11H12INO. The molecule has 0 amide bonds. The van der Waals surface area contributed by atoms with Crippen LogP contribution in [0, 0.1) is 20.8 Å². The van der Waals surface area contributed by atoms with Crippen LogP contribution in [0.3, 0.4) is 0 Å². The van der Waals surface area contributed by atoms with Crippen LogP contribution in [0.25, 0.3) is 0 Å². The molecule has 1 rings (SSSR count). The number of nitrogens with zero attached hydrogens (tertiary/aromatic N) is 1. The first-order valence-electron chi connectivity index (χ1n) is 4.36. The fourth-order valence-corrected chi connectivity index (χ4v) is 1.52. The lowest BCUT2D eigenvalue weighted by Crippen LogP contribution is -2.28. The Balaban J connectivity index is 3.05. The van der Waals surface area contributed by atoms with E-state index in [4.69, 9.17) is 5.26 Å². The SMILES string of the molecule is CC(C#N)C(C)(O)c1ccc(I)cc1. The van der Waals surface area contributed by atoms with Gasteiger partial charge in [0.15, 0.2) is 0 Å². The Morgan fingerprint density at radius 3 is 2.36 bits per heavy atom. The predicted molar refractivity (Wildman–Crippen MR) is 63.5 cm³/mol. The van der Waals surface area contributed by atoms with Gasteiger partial charge in [0.1, 0.15) is 5.60 Å². The van der Waals surface area contributed by atoms with E-state index in [-0.39, 0.29) is 0 Å². The van der Waals surface area contributed by atoms with Crippen LogP contribution in [0.1, 0.15) is 19.4 Å². The van der Waals surface area contributed by atoms with Gasteiger partial charge in [0.25, 0.3) is 0 Å². The highest BCUT2D eigenvalue weighted by Gasteiger charge is 2.30. The summed E-state index contributed by atoms with van der Waals surface area (Å²) >= 11 is 2.20. The highest BCUT2D eigenvalue weighted by atomic mass is 127. The molecule has 74 valence electrons. The van der Waals surface area contributed by atoms with Crippen molar-refractivity contribution >= 4 is 22.6 Å². The Morgan fingerprint density at radius 2 is 1.93 bits per heavy atom. The van der Waals surface area contributed by atoms with E-state index in [2.05, 4.69) is 28.7 Å². The van der Waals surface area contributed by atoms with Crippen LogP contribution >= 0.6 is 22.6 Å². The zero-order valence-electron chi connectivity index (χ0n) is 8.16. The third-order valence-corrected chi connectivity index (χ3v) is 3.18. The lowest BCUT2D eigenvalue weighted by molar-refractivity contribution is 0.0232. The largest absolute Gasteiger partial charge is 0.384 e. The monoisotopic (exact) mass is 301 g/mol. The lowest BCUT2D eigenvalue weighted by Gasteiger charge is -2.26. The standard InChI is InChI=1S/C11H12INO/c1-8(7-13)11(2,14)9-3-5-10(12)6-4-9/h3-6,8,14H,1-2H3. The van der Waals surface area contributed by atoms with Crippen molar-refractivity contribution in [3.63, 3.8) is 0 Å². The quantitative estimate of drug-likeness (QED) is 0.854. The maximum atomic E-state index is 10.1. The zero-order valence-corrected chi connectivity index (χ0v) is 10.3. The second-order valence-corrected chi connectivity index (χ2v) is 4.75. The van der Waals surface area contributed by atoms with Crippen molar-refractivity contribution in [2.24, 2.45) is 5.92 Å². The topological polar surface area (TPSA) is 44.0 Å². The summed E-state index contributed by atoms with van der Waals surface area (Å²) in [6.45, 7) is 3.39. The summed E-state index contributed by atoms with van der Waals surface area (Å²) in [5, 5.41) is 18.9. The van der Waals surface area contributed by atoms with Crippen molar-refractivity contribution < 1.29 is 5.11 Å². The Morgan fingerprint density at radius 1 is 1.43 bits per heavy atom. The highest BCUT2D eigenvalue weighted by Crippen LogP contribution is 2.28. The summed E-state index contributed by atoms with van der Waals surface area (Å²) in [7, 11) is 0. The van der Waals surface area contributed by atoms with Crippen LogP contribution in [0.15, 0.2) is 24.3 Å². The Hall–Kier alpha value is -0.600. The molecule has 1 aromatic carbocycles. The van der Waals surface area contributed by atoms with Crippen molar-refractivity contribution in [1.29, 1.82) is 5.26 Å². The summed E-state index contributed by atoms with van der Waals surface area (Å²) in [6.07, 6.45) is 0. The molecule has 2 atom stereocenters. The minimum atomic E-state index is -1.07. The van der Waals surface area contributed by atoms with Gasteiger partial charge in [-0.3, -0.25) is 0 Å². The van der Waals surface area contributed by atoms with Crippen LogP contribution in [-0.4, -0.2) is 5.11 Å². The molecule has 0 saturated heterocycles. The molecule has 2 nitrogen and oxygen atoms in total. The van der Waals surface area contributed by atoms with E-state index < -0.39 is 11.5 Å². The van der Waals surface area contributed by atoms with Crippen LogP contribution in [0.2, 0.25) is 0 Å². The maximum absolute atomic E-state index is 10.1. The van der Waals surface area contributed by atoms with Crippen LogP contribution in [-0.2, 0) is 5.60 Å². The first-order valence-corrected chi connectivity index (χ1v) is 5.44. The molecule has 0 spiro atoms. The van der Waals surface area contributed by atoms with E-state index in [1.807, 2.05) is 24.3 Å². The molecule has 1 N–H and O–H groups in total. The van der Waals surface area contributed by atoms with Crippen molar-refractivity contribution in [2.45, 2.75) is 19.4 Å². The van der Waals surface area contributed by atoms with Gasteiger partial charge in [0.05, 0.1) is 12.0 Å². The number of hydrogen-bond donors (Lipinski definition) is 1. The van der Waals surface area contributed by atoms with Gasteiger partial charge in [-0.25, -0.2) is 0 Å². The molecule has 0 heterocycles. The number of rotatable bonds is 2. The Labute approximate surface area is 97.7 Å². The maximum Gasteiger partial charge on any atom is 0.102 e. The van der Waals surface area contributed by atoms with E-state index in [1.165, 1.54) is 0 Å². The summed E-state index contributed by atoms with van der Waals surface area (Å²) in [5.41, 5.74) is -0.286. The minimum Gasteiger partial charge on any atom is -0.384 e. The molecule has 0 radical (unpaired) electrons. The molecule has 0 aliphatic rings. The van der Waals surface area contributed by atoms with Crippen molar-refractivity contribution in [3.05, 3.63) is 33.4 Å². The van der Waals surface area contributed by atoms with Gasteiger partial charge in [-0.15, -0.1) is 0 Å². The highest BCUT2D eigenvalue weighted by molar-refractivity contribution is 14.1. The third-order valence-electron chi connectivity index (χ3n) is 2.47. The Bertz CT molecular complexity index is 351. The first kappa shape index (κ1) is 11.5. The smallest absolute Gasteiger partial charge is 0.102 e. The molecule has 14 heavy (non-hydrogen) atoms. The molecule has 2 unspecified atom stereocenters. The first-order chi connectivity index (χ1) is 6.48. The molecule has 0 fully saturated rings. The van der Waals surface area contributed by atoms with E-state index in [1.54, 1.807) is 13.8 Å². The number of aliphatic hydroxyl groups is 1. The average molecular weight is 301 g/mol. The normalized spacial score (nSPS) is 16.8. The lowest BCUT2D eigenvalue weighted by atomic mass is 9.85. The summed E-state index contributed by atoms with van der Waals surface area (Å²) in [4.78, 5) is 0. The number of hydrogen-bond acceptors (Lipinski definition) is 2. The van der Waals surface area contributed by atoms with Gasteiger partial charge in [-0.05, 0) is 54.1 Å². The number of nitriles is 1. The van der Waals surface area contributed by atoms with Crippen LogP contribution in [0.5, 0.6) is 0 Å². The molecule has 3 heteroatoms. The number of halogens is 1. The third kappa shape index (κ3) is 2.25. The van der Waals surface area contributed by atoms with Crippen LogP contribution in [0.4, 0.5) is 0 Å². The molecule has 0 bridgehead atoms.